The van der Waals surface area contributed by atoms with Crippen molar-refractivity contribution in [3.63, 3.8) is 0 Å². The average Bonchev–Trinajstić information content (AvgIpc) is 2.19. The molecule has 2 rings (SSSR count). The van der Waals surface area contributed by atoms with Gasteiger partial charge in [0.2, 0.25) is 0 Å². The lowest BCUT2D eigenvalue weighted by molar-refractivity contribution is 0.0691. The topological polar surface area (TPSA) is 50.2 Å². The molecule has 1 aromatic heterocycles. The maximum Gasteiger partial charge on any atom is 0.354 e. The molecule has 0 fully saturated rings. The van der Waals surface area contributed by atoms with Crippen molar-refractivity contribution in [3.8, 4) is 0 Å². The van der Waals surface area contributed by atoms with E-state index in [1.807, 2.05) is 18.2 Å². The summed E-state index contributed by atoms with van der Waals surface area (Å²) in [6.07, 6.45) is 0. The number of rotatable bonds is 1. The molecule has 0 spiro atoms. The van der Waals surface area contributed by atoms with Gasteiger partial charge in [-0.1, -0.05) is 23.7 Å². The summed E-state index contributed by atoms with van der Waals surface area (Å²) in [5.41, 5.74) is 0.597. The van der Waals surface area contributed by atoms with Gasteiger partial charge in [0.05, 0.1) is 10.5 Å². The Hall–Kier alpha value is -0.880. The van der Waals surface area contributed by atoms with Gasteiger partial charge in [-0.25, -0.2) is 9.78 Å². The Balaban J connectivity index is 2.85. The molecule has 0 atom stereocenters. The number of pyridine rings is 1. The molecule has 0 bridgehead atoms. The quantitative estimate of drug-likeness (QED) is 0.816. The molecule has 0 unspecified atom stereocenters. The van der Waals surface area contributed by atoms with Crippen LogP contribution >= 0.6 is 34.2 Å². The number of carbonyl (C=O) groups is 1. The molecule has 0 saturated heterocycles. The van der Waals surface area contributed by atoms with Gasteiger partial charge in [-0.3, -0.25) is 0 Å². The standard InChI is InChI=1S/C10H5ClINO2/c11-6-4-8(10(14)15)13-9-5(6)2-1-3-7(9)12/h1-4H,(H,14,15). The Morgan fingerprint density at radius 2 is 2.20 bits per heavy atom. The second kappa shape index (κ2) is 3.94. The average molecular weight is 334 g/mol. The summed E-state index contributed by atoms with van der Waals surface area (Å²) in [5, 5.41) is 10.0. The first-order valence-electron chi connectivity index (χ1n) is 4.07. The van der Waals surface area contributed by atoms with Crippen molar-refractivity contribution in [2.45, 2.75) is 0 Å². The van der Waals surface area contributed by atoms with E-state index in [2.05, 4.69) is 27.6 Å². The molecule has 1 N–H and O–H groups in total. The summed E-state index contributed by atoms with van der Waals surface area (Å²) in [4.78, 5) is 14.8. The molecule has 0 radical (unpaired) electrons. The van der Waals surface area contributed by atoms with Crippen molar-refractivity contribution < 1.29 is 9.90 Å². The van der Waals surface area contributed by atoms with E-state index >= 15 is 0 Å². The predicted octanol–water partition coefficient (Wildman–Crippen LogP) is 3.19. The Bertz CT molecular complexity index is 556. The van der Waals surface area contributed by atoms with Crippen LogP contribution in [-0.2, 0) is 0 Å². The van der Waals surface area contributed by atoms with Crippen molar-refractivity contribution in [3.05, 3.63) is 38.6 Å². The van der Waals surface area contributed by atoms with Gasteiger partial charge in [-0.2, -0.15) is 0 Å². The highest BCUT2D eigenvalue weighted by molar-refractivity contribution is 14.1. The molecule has 1 heterocycles. The van der Waals surface area contributed by atoms with Gasteiger partial charge < -0.3 is 5.11 Å². The largest absolute Gasteiger partial charge is 0.477 e. The molecular formula is C10H5ClINO2. The second-order valence-corrected chi connectivity index (χ2v) is 4.50. The molecule has 3 nitrogen and oxygen atoms in total. The van der Waals surface area contributed by atoms with Crippen molar-refractivity contribution in [1.29, 1.82) is 0 Å². The second-order valence-electron chi connectivity index (χ2n) is 2.93. The maximum atomic E-state index is 10.8. The lowest BCUT2D eigenvalue weighted by atomic mass is 10.2. The lowest BCUT2D eigenvalue weighted by Gasteiger charge is -2.03. The smallest absolute Gasteiger partial charge is 0.354 e. The van der Waals surface area contributed by atoms with E-state index in [0.717, 1.165) is 8.96 Å². The van der Waals surface area contributed by atoms with Crippen LogP contribution in [0.15, 0.2) is 24.3 Å². The number of para-hydroxylation sites is 1. The molecule has 5 heteroatoms. The van der Waals surface area contributed by atoms with Crippen molar-refractivity contribution >= 4 is 51.1 Å². The van der Waals surface area contributed by atoms with Crippen LogP contribution in [0.1, 0.15) is 10.5 Å². The van der Waals surface area contributed by atoms with Crippen LogP contribution in [0.25, 0.3) is 10.9 Å². The number of halogens is 2. The van der Waals surface area contributed by atoms with Gasteiger partial charge >= 0.3 is 5.97 Å². The number of carboxylic acids is 1. The van der Waals surface area contributed by atoms with Gasteiger partial charge in [0.1, 0.15) is 5.69 Å². The number of aromatic nitrogens is 1. The van der Waals surface area contributed by atoms with Crippen molar-refractivity contribution in [2.75, 3.05) is 0 Å². The van der Waals surface area contributed by atoms with Crippen LogP contribution in [0.5, 0.6) is 0 Å². The normalized spacial score (nSPS) is 10.5. The minimum atomic E-state index is -1.07. The van der Waals surface area contributed by atoms with E-state index in [1.165, 1.54) is 6.07 Å². The van der Waals surface area contributed by atoms with E-state index in [4.69, 9.17) is 16.7 Å². The molecule has 0 aliphatic carbocycles. The zero-order valence-electron chi connectivity index (χ0n) is 7.37. The molecular weight excluding hydrogens is 328 g/mol. The van der Waals surface area contributed by atoms with Crippen LogP contribution < -0.4 is 0 Å². The maximum absolute atomic E-state index is 10.8. The van der Waals surface area contributed by atoms with Gasteiger partial charge in [-0.15, -0.1) is 0 Å². The number of benzene rings is 1. The summed E-state index contributed by atoms with van der Waals surface area (Å²) in [6, 6.07) is 6.90. The summed E-state index contributed by atoms with van der Waals surface area (Å²) in [7, 11) is 0. The van der Waals surface area contributed by atoms with Gasteiger partial charge in [0.25, 0.3) is 0 Å². The first-order chi connectivity index (χ1) is 7.09. The molecule has 0 amide bonds. The van der Waals surface area contributed by atoms with E-state index in [9.17, 15) is 4.79 Å². The molecule has 76 valence electrons. The molecule has 15 heavy (non-hydrogen) atoms. The minimum absolute atomic E-state index is 0.0309. The third kappa shape index (κ3) is 1.91. The van der Waals surface area contributed by atoms with Gasteiger partial charge in [-0.05, 0) is 34.7 Å². The molecule has 1 aromatic carbocycles. The first-order valence-corrected chi connectivity index (χ1v) is 5.53. The van der Waals surface area contributed by atoms with E-state index in [-0.39, 0.29) is 5.69 Å². The first kappa shape index (κ1) is 10.6. The minimum Gasteiger partial charge on any atom is -0.477 e. The highest BCUT2D eigenvalue weighted by Gasteiger charge is 2.10. The summed E-state index contributed by atoms with van der Waals surface area (Å²) < 4.78 is 0.884. The van der Waals surface area contributed by atoms with Gasteiger partial charge in [0, 0.05) is 8.96 Å². The molecule has 0 aliphatic heterocycles. The highest BCUT2D eigenvalue weighted by atomic mass is 127. The van der Waals surface area contributed by atoms with Crippen LogP contribution in [0, 0.1) is 3.57 Å². The van der Waals surface area contributed by atoms with Gasteiger partial charge in [0.15, 0.2) is 0 Å². The fourth-order valence-corrected chi connectivity index (χ4v) is 2.16. The summed E-state index contributed by atoms with van der Waals surface area (Å²) in [5.74, 6) is -1.07. The molecule has 0 aliphatic rings. The Labute approximate surface area is 104 Å². The molecule has 2 aromatic rings. The predicted molar refractivity (Wildman–Crippen MR) is 66.4 cm³/mol. The van der Waals surface area contributed by atoms with Crippen LogP contribution in [-0.4, -0.2) is 16.1 Å². The Morgan fingerprint density at radius 3 is 2.87 bits per heavy atom. The number of aromatic carboxylic acids is 1. The number of fused-ring (bicyclic) bond motifs is 1. The zero-order valence-corrected chi connectivity index (χ0v) is 10.3. The fraction of sp³-hybridized carbons (Fsp3) is 0. The number of carboxylic acid groups (broad SMARTS) is 1. The number of hydrogen-bond donors (Lipinski definition) is 1. The van der Waals surface area contributed by atoms with E-state index in [1.54, 1.807) is 0 Å². The van der Waals surface area contributed by atoms with Crippen LogP contribution in [0.3, 0.4) is 0 Å². The number of nitrogens with zero attached hydrogens (tertiary/aromatic N) is 1. The Morgan fingerprint density at radius 1 is 1.47 bits per heavy atom. The Kier molecular flexibility index (Phi) is 2.79. The van der Waals surface area contributed by atoms with Crippen LogP contribution in [0.4, 0.5) is 0 Å². The van der Waals surface area contributed by atoms with E-state index < -0.39 is 5.97 Å². The third-order valence-corrected chi connectivity index (χ3v) is 3.14. The summed E-state index contributed by atoms with van der Waals surface area (Å²) in [6.45, 7) is 0. The number of hydrogen-bond acceptors (Lipinski definition) is 2. The van der Waals surface area contributed by atoms with E-state index in [0.29, 0.717) is 10.5 Å². The highest BCUT2D eigenvalue weighted by Crippen LogP contribution is 2.26. The molecule has 0 saturated carbocycles. The monoisotopic (exact) mass is 333 g/mol. The summed E-state index contributed by atoms with van der Waals surface area (Å²) >= 11 is 8.07. The lowest BCUT2D eigenvalue weighted by Crippen LogP contribution is -2.01. The van der Waals surface area contributed by atoms with Crippen molar-refractivity contribution in [2.24, 2.45) is 0 Å². The fourth-order valence-electron chi connectivity index (χ4n) is 1.28. The van der Waals surface area contributed by atoms with Crippen LogP contribution in [0.2, 0.25) is 5.02 Å². The zero-order chi connectivity index (χ0) is 11.0. The van der Waals surface area contributed by atoms with Crippen molar-refractivity contribution in [1.82, 2.24) is 4.98 Å². The SMILES string of the molecule is O=C(O)c1cc(Cl)c2cccc(I)c2n1. The third-order valence-electron chi connectivity index (χ3n) is 1.96.